The highest BCUT2D eigenvalue weighted by molar-refractivity contribution is 8.00. The summed E-state index contributed by atoms with van der Waals surface area (Å²) in [5, 5.41) is 18.9. The van der Waals surface area contributed by atoms with Crippen molar-refractivity contribution in [1.29, 1.82) is 0 Å². The summed E-state index contributed by atoms with van der Waals surface area (Å²) in [6.45, 7) is 11.9. The molecule has 2 fully saturated rings. The summed E-state index contributed by atoms with van der Waals surface area (Å²) in [6, 6.07) is 10.6. The molecule has 0 unspecified atom stereocenters. The van der Waals surface area contributed by atoms with E-state index in [4.69, 9.17) is 18.9 Å². The van der Waals surface area contributed by atoms with Crippen molar-refractivity contribution in [3.05, 3.63) is 59.2 Å². The standard InChI is InChI=1S/C42H56FN5O9S2/c1-26-34(58-25-45-26)28-11-9-27(10-12-28)23-44-36(50)32-21-29(49)24-48(32)37(51)35(47-38(52)42(43)15-16-42)41(5,6)59-20-8-17-55-18-19-56-30-13-14-31(33(22-30)54-7)46-39(53)57-40(2,3)4/h9-14,22,25,29,32,35,49H,8,15-21,23-24H2,1-7H3,(H,44,50)(H,46,53)(H,47,52)/t29-,32+,35+/m1/s1. The van der Waals surface area contributed by atoms with Crippen LogP contribution < -0.4 is 25.4 Å². The van der Waals surface area contributed by atoms with Crippen LogP contribution in [-0.2, 0) is 30.4 Å². The molecule has 17 heteroatoms. The number of likely N-dealkylation sites (tertiary alicyclic amines) is 1. The fourth-order valence-electron chi connectivity index (χ4n) is 6.44. The van der Waals surface area contributed by atoms with Crippen LogP contribution in [0.5, 0.6) is 11.5 Å². The minimum atomic E-state index is -2.02. The number of hydrogen-bond donors (Lipinski definition) is 4. The number of nitrogens with one attached hydrogen (secondary N) is 3. The number of alkyl halides is 1. The summed E-state index contributed by atoms with van der Waals surface area (Å²) >= 11 is 2.98. The third kappa shape index (κ3) is 12.8. The first-order valence-corrected chi connectivity index (χ1v) is 21.5. The van der Waals surface area contributed by atoms with Crippen LogP contribution in [0.3, 0.4) is 0 Å². The number of benzene rings is 2. The number of methoxy groups -OCH3 is 1. The Morgan fingerprint density at radius 3 is 2.44 bits per heavy atom. The highest BCUT2D eigenvalue weighted by Crippen LogP contribution is 2.41. The van der Waals surface area contributed by atoms with Gasteiger partial charge in [0.2, 0.25) is 11.8 Å². The predicted molar refractivity (Wildman–Crippen MR) is 226 cm³/mol. The quantitative estimate of drug-likeness (QED) is 0.104. The molecule has 1 aliphatic heterocycles. The van der Waals surface area contributed by atoms with Gasteiger partial charge in [-0.15, -0.1) is 11.3 Å². The summed E-state index contributed by atoms with van der Waals surface area (Å²) in [7, 11) is 1.49. The first-order chi connectivity index (χ1) is 27.9. The molecule has 5 rings (SSSR count). The van der Waals surface area contributed by atoms with Gasteiger partial charge < -0.3 is 39.6 Å². The normalized spacial score (nSPS) is 17.8. The van der Waals surface area contributed by atoms with Gasteiger partial charge in [-0.1, -0.05) is 24.3 Å². The largest absolute Gasteiger partial charge is 0.494 e. The molecule has 2 aliphatic rings. The summed E-state index contributed by atoms with van der Waals surface area (Å²) in [5.74, 6) is -0.359. The van der Waals surface area contributed by atoms with Gasteiger partial charge in [-0.05, 0) is 89.8 Å². The van der Waals surface area contributed by atoms with Crippen molar-refractivity contribution >= 4 is 52.6 Å². The first kappa shape index (κ1) is 45.6. The van der Waals surface area contributed by atoms with Crippen LogP contribution in [0.2, 0.25) is 0 Å². The molecule has 0 radical (unpaired) electrons. The van der Waals surface area contributed by atoms with Gasteiger partial charge in [0.25, 0.3) is 5.91 Å². The smallest absolute Gasteiger partial charge is 0.412 e. The van der Waals surface area contributed by atoms with Crippen LogP contribution in [0, 0.1) is 6.92 Å². The molecule has 0 bridgehead atoms. The maximum absolute atomic E-state index is 14.9. The Balaban J connectivity index is 1.11. The number of ether oxygens (including phenoxy) is 4. The van der Waals surface area contributed by atoms with Gasteiger partial charge in [-0.2, -0.15) is 11.8 Å². The second-order valence-corrected chi connectivity index (χ2v) is 18.8. The molecule has 14 nitrogen and oxygen atoms in total. The van der Waals surface area contributed by atoms with Crippen molar-refractivity contribution < 1.29 is 47.6 Å². The number of anilines is 1. The Hall–Kier alpha value is -4.45. The van der Waals surface area contributed by atoms with E-state index in [0.717, 1.165) is 21.7 Å². The van der Waals surface area contributed by atoms with Gasteiger partial charge in [0.05, 0.1) is 41.6 Å². The molecule has 322 valence electrons. The van der Waals surface area contributed by atoms with Crippen molar-refractivity contribution in [2.75, 3.05) is 44.5 Å². The maximum atomic E-state index is 14.9. The molecular formula is C42H56FN5O9S2. The second-order valence-electron chi connectivity index (χ2n) is 16.2. The molecule has 1 aromatic heterocycles. The highest BCUT2D eigenvalue weighted by Gasteiger charge is 2.54. The zero-order valence-corrected chi connectivity index (χ0v) is 36.4. The molecule has 2 heterocycles. The Kier molecular flexibility index (Phi) is 15.3. The van der Waals surface area contributed by atoms with Crippen LogP contribution in [0.1, 0.15) is 71.6 Å². The zero-order chi connectivity index (χ0) is 43.0. The van der Waals surface area contributed by atoms with E-state index in [1.54, 1.807) is 69.7 Å². The van der Waals surface area contributed by atoms with Crippen molar-refractivity contribution in [3.63, 3.8) is 0 Å². The number of aromatic nitrogens is 1. The minimum Gasteiger partial charge on any atom is -0.494 e. The third-order valence-corrected chi connectivity index (χ3v) is 12.3. The lowest BCUT2D eigenvalue weighted by atomic mass is 10.00. The van der Waals surface area contributed by atoms with Crippen molar-refractivity contribution in [2.24, 2.45) is 0 Å². The van der Waals surface area contributed by atoms with Gasteiger partial charge in [-0.3, -0.25) is 19.7 Å². The lowest BCUT2D eigenvalue weighted by Gasteiger charge is -2.37. The van der Waals surface area contributed by atoms with Crippen molar-refractivity contribution in [1.82, 2.24) is 20.5 Å². The Labute approximate surface area is 353 Å². The molecule has 1 saturated carbocycles. The molecule has 3 atom stereocenters. The van der Waals surface area contributed by atoms with Gasteiger partial charge in [0, 0.05) is 36.9 Å². The number of aliphatic hydroxyl groups excluding tert-OH is 1. The number of hydrogen-bond acceptors (Lipinski definition) is 12. The molecule has 4 N–H and O–H groups in total. The topological polar surface area (TPSA) is 178 Å². The highest BCUT2D eigenvalue weighted by atomic mass is 32.2. The number of halogens is 1. The molecule has 1 aliphatic carbocycles. The molecule has 3 aromatic rings. The Morgan fingerprint density at radius 1 is 1.07 bits per heavy atom. The average molecular weight is 858 g/mol. The SMILES string of the molecule is COc1cc(OCCOCCCSC(C)(C)[C@@H](NC(=O)C2(F)CC2)C(=O)N2C[C@H](O)C[C@H]2C(=O)NCc2ccc(-c3scnc3C)cc2)ccc1NC(=O)OC(C)(C)C. The lowest BCUT2D eigenvalue weighted by Crippen LogP contribution is -2.61. The van der Waals surface area contributed by atoms with Crippen LogP contribution in [0.15, 0.2) is 48.0 Å². The van der Waals surface area contributed by atoms with E-state index in [2.05, 4.69) is 20.9 Å². The number of carbonyl (C=O) groups is 4. The number of rotatable bonds is 19. The number of carbonyl (C=O) groups excluding carboxylic acids is 4. The second kappa shape index (κ2) is 19.7. The minimum absolute atomic E-state index is 0.0354. The number of amides is 4. The van der Waals surface area contributed by atoms with Gasteiger partial charge in [-0.25, -0.2) is 14.2 Å². The van der Waals surface area contributed by atoms with E-state index < -0.39 is 58.0 Å². The number of β-amino-alcohol motifs (C(OH)–C–C–N with tert-alkyl or cyclic N) is 1. The van der Waals surface area contributed by atoms with E-state index in [1.165, 1.54) is 23.8 Å². The van der Waals surface area contributed by atoms with Crippen LogP contribution >= 0.6 is 23.1 Å². The molecule has 2 aromatic carbocycles. The first-order valence-electron chi connectivity index (χ1n) is 19.7. The number of thioether (sulfide) groups is 1. The molecule has 1 saturated heterocycles. The maximum Gasteiger partial charge on any atom is 0.412 e. The summed E-state index contributed by atoms with van der Waals surface area (Å²) < 4.78 is 36.3. The number of aryl methyl sites for hydroxylation is 1. The fraction of sp³-hybridized carbons (Fsp3) is 0.548. The molecule has 59 heavy (non-hydrogen) atoms. The van der Waals surface area contributed by atoms with Gasteiger partial charge in [0.15, 0.2) is 5.67 Å². The molecular weight excluding hydrogens is 802 g/mol. The number of aliphatic hydroxyl groups is 1. The van der Waals surface area contributed by atoms with E-state index >= 15 is 0 Å². The van der Waals surface area contributed by atoms with Gasteiger partial charge in [0.1, 0.15) is 35.8 Å². The predicted octanol–water partition coefficient (Wildman–Crippen LogP) is 6.04. The van der Waals surface area contributed by atoms with Crippen LogP contribution in [-0.4, -0.2) is 112 Å². The number of thiazole rings is 1. The van der Waals surface area contributed by atoms with E-state index in [0.29, 0.717) is 42.6 Å². The third-order valence-electron chi connectivity index (χ3n) is 9.82. The summed E-state index contributed by atoms with van der Waals surface area (Å²) in [4.78, 5) is 59.7. The van der Waals surface area contributed by atoms with Gasteiger partial charge >= 0.3 is 6.09 Å². The van der Waals surface area contributed by atoms with E-state index in [9.17, 15) is 28.7 Å². The summed E-state index contributed by atoms with van der Waals surface area (Å²) in [5.41, 5.74) is 2.40. The van der Waals surface area contributed by atoms with Crippen LogP contribution in [0.25, 0.3) is 10.4 Å². The Bertz CT molecular complexity index is 1930. The van der Waals surface area contributed by atoms with Crippen LogP contribution in [0.4, 0.5) is 14.9 Å². The zero-order valence-electron chi connectivity index (χ0n) is 34.7. The van der Waals surface area contributed by atoms with Crippen molar-refractivity contribution in [2.45, 2.75) is 108 Å². The Morgan fingerprint density at radius 2 is 1.80 bits per heavy atom. The molecule has 4 amide bonds. The average Bonchev–Trinajstić information content (AvgIpc) is 3.59. The fourth-order valence-corrected chi connectivity index (χ4v) is 8.37. The van der Waals surface area contributed by atoms with E-state index in [1.807, 2.05) is 31.2 Å². The number of nitrogens with zero attached hydrogens (tertiary/aromatic N) is 2. The molecule has 0 spiro atoms. The summed E-state index contributed by atoms with van der Waals surface area (Å²) in [6.07, 6.45) is -0.743. The lowest BCUT2D eigenvalue weighted by molar-refractivity contribution is -0.143. The monoisotopic (exact) mass is 857 g/mol. The van der Waals surface area contributed by atoms with E-state index in [-0.39, 0.29) is 39.0 Å². The van der Waals surface area contributed by atoms with Crippen molar-refractivity contribution in [3.8, 4) is 21.9 Å².